The molecule has 3 aromatic rings. The SMILES string of the molecule is CC(C)OC(C)(C)c1csc(NC(=O)c2cccn2Cc2ccncc2)n1. The van der Waals surface area contributed by atoms with E-state index in [2.05, 4.69) is 15.3 Å². The summed E-state index contributed by atoms with van der Waals surface area (Å²) in [6, 6.07) is 7.54. The second kappa shape index (κ2) is 8.02. The van der Waals surface area contributed by atoms with Gasteiger partial charge in [0.2, 0.25) is 0 Å². The van der Waals surface area contributed by atoms with Crippen LogP contribution in [0.4, 0.5) is 5.13 Å². The highest BCUT2D eigenvalue weighted by molar-refractivity contribution is 7.14. The summed E-state index contributed by atoms with van der Waals surface area (Å²) in [5.74, 6) is -0.183. The highest BCUT2D eigenvalue weighted by Gasteiger charge is 2.26. The number of pyridine rings is 1. The molecule has 0 aliphatic heterocycles. The van der Waals surface area contributed by atoms with Crippen LogP contribution in [0.5, 0.6) is 0 Å². The first-order chi connectivity index (χ1) is 12.8. The van der Waals surface area contributed by atoms with Crippen LogP contribution in [0.3, 0.4) is 0 Å². The molecular formula is C20H24N4O2S. The minimum atomic E-state index is -0.505. The van der Waals surface area contributed by atoms with Crippen LogP contribution in [0.2, 0.25) is 0 Å². The maximum absolute atomic E-state index is 12.7. The van der Waals surface area contributed by atoms with E-state index in [1.807, 2.05) is 62.0 Å². The molecule has 7 heteroatoms. The molecule has 3 aromatic heterocycles. The van der Waals surface area contributed by atoms with Crippen molar-refractivity contribution < 1.29 is 9.53 Å². The molecule has 27 heavy (non-hydrogen) atoms. The molecule has 0 unspecified atom stereocenters. The lowest BCUT2D eigenvalue weighted by Crippen LogP contribution is -2.26. The summed E-state index contributed by atoms with van der Waals surface area (Å²) in [6.07, 6.45) is 5.48. The molecule has 0 radical (unpaired) electrons. The molecule has 0 saturated heterocycles. The summed E-state index contributed by atoms with van der Waals surface area (Å²) >= 11 is 1.40. The van der Waals surface area contributed by atoms with Crippen molar-refractivity contribution >= 4 is 22.4 Å². The predicted molar refractivity (Wildman–Crippen MR) is 107 cm³/mol. The van der Waals surface area contributed by atoms with Gasteiger partial charge in [-0.1, -0.05) is 0 Å². The molecule has 142 valence electrons. The quantitative estimate of drug-likeness (QED) is 0.659. The Morgan fingerprint density at radius 2 is 2.04 bits per heavy atom. The van der Waals surface area contributed by atoms with Gasteiger partial charge < -0.3 is 9.30 Å². The molecule has 0 spiro atoms. The molecule has 1 N–H and O–H groups in total. The Bertz CT molecular complexity index is 900. The van der Waals surface area contributed by atoms with Gasteiger partial charge in [0, 0.05) is 30.5 Å². The summed E-state index contributed by atoms with van der Waals surface area (Å²) in [5.41, 5.74) is 1.97. The summed E-state index contributed by atoms with van der Waals surface area (Å²) in [5, 5.41) is 5.38. The molecule has 3 rings (SSSR count). The molecule has 0 aliphatic rings. The molecule has 0 atom stereocenters. The fourth-order valence-corrected chi connectivity index (χ4v) is 3.72. The number of hydrogen-bond acceptors (Lipinski definition) is 5. The number of anilines is 1. The maximum atomic E-state index is 12.7. The highest BCUT2D eigenvalue weighted by Crippen LogP contribution is 2.29. The Hall–Kier alpha value is -2.51. The minimum absolute atomic E-state index is 0.0937. The summed E-state index contributed by atoms with van der Waals surface area (Å²) in [7, 11) is 0. The van der Waals surface area contributed by atoms with Crippen molar-refractivity contribution in [2.75, 3.05) is 5.32 Å². The summed E-state index contributed by atoms with van der Waals surface area (Å²) in [4.78, 5) is 21.3. The number of amides is 1. The van der Waals surface area contributed by atoms with Gasteiger partial charge in [0.05, 0.1) is 11.8 Å². The number of nitrogens with zero attached hydrogens (tertiary/aromatic N) is 3. The average molecular weight is 385 g/mol. The predicted octanol–water partition coefficient (Wildman–Crippen LogP) is 4.30. The van der Waals surface area contributed by atoms with E-state index < -0.39 is 5.60 Å². The second-order valence-corrected chi connectivity index (χ2v) is 7.90. The number of nitrogens with one attached hydrogen (secondary N) is 1. The Morgan fingerprint density at radius 3 is 2.74 bits per heavy atom. The van der Waals surface area contributed by atoms with Crippen molar-refractivity contribution in [1.29, 1.82) is 0 Å². The van der Waals surface area contributed by atoms with Crippen molar-refractivity contribution in [2.45, 2.75) is 45.9 Å². The zero-order valence-corrected chi connectivity index (χ0v) is 16.8. The fraction of sp³-hybridized carbons (Fsp3) is 0.350. The van der Waals surface area contributed by atoms with Gasteiger partial charge in [-0.25, -0.2) is 4.98 Å². The lowest BCUT2D eigenvalue weighted by molar-refractivity contribution is -0.0623. The molecule has 0 fully saturated rings. The first-order valence-electron chi connectivity index (χ1n) is 8.84. The van der Waals surface area contributed by atoms with Crippen LogP contribution >= 0.6 is 11.3 Å². The third kappa shape index (κ3) is 4.81. The summed E-state index contributed by atoms with van der Waals surface area (Å²) < 4.78 is 7.83. The Kier molecular flexibility index (Phi) is 5.72. The number of ether oxygens (including phenoxy) is 1. The van der Waals surface area contributed by atoms with Crippen molar-refractivity contribution in [3.63, 3.8) is 0 Å². The van der Waals surface area contributed by atoms with E-state index in [1.54, 1.807) is 18.5 Å². The maximum Gasteiger partial charge on any atom is 0.274 e. The van der Waals surface area contributed by atoms with Crippen LogP contribution in [-0.2, 0) is 16.9 Å². The molecule has 0 bridgehead atoms. The van der Waals surface area contributed by atoms with Crippen molar-refractivity contribution in [3.05, 3.63) is 65.2 Å². The number of thiazole rings is 1. The number of carbonyl (C=O) groups excluding carboxylic acids is 1. The third-order valence-corrected chi connectivity index (χ3v) is 4.79. The average Bonchev–Trinajstić information content (AvgIpc) is 3.24. The molecule has 1 amide bonds. The standard InChI is InChI=1S/C20H24N4O2S/c1-14(2)26-20(3,4)17-13-27-19(22-17)23-18(25)16-6-5-11-24(16)12-15-7-9-21-10-8-15/h5-11,13-14H,12H2,1-4H3,(H,22,23,25). The Morgan fingerprint density at radius 1 is 1.30 bits per heavy atom. The van der Waals surface area contributed by atoms with Crippen molar-refractivity contribution in [2.24, 2.45) is 0 Å². The summed E-state index contributed by atoms with van der Waals surface area (Å²) in [6.45, 7) is 8.55. The van der Waals surface area contributed by atoms with Crippen LogP contribution in [0, 0.1) is 0 Å². The second-order valence-electron chi connectivity index (χ2n) is 7.05. The van der Waals surface area contributed by atoms with Crippen LogP contribution in [0.15, 0.2) is 48.2 Å². The monoisotopic (exact) mass is 384 g/mol. The van der Waals surface area contributed by atoms with Crippen LogP contribution in [-0.4, -0.2) is 26.5 Å². The molecule has 0 saturated carbocycles. The minimum Gasteiger partial charge on any atom is -0.367 e. The molecule has 6 nitrogen and oxygen atoms in total. The highest BCUT2D eigenvalue weighted by atomic mass is 32.1. The molecule has 0 aliphatic carbocycles. The number of rotatable bonds is 7. The van der Waals surface area contributed by atoms with Crippen molar-refractivity contribution in [1.82, 2.24) is 14.5 Å². The largest absolute Gasteiger partial charge is 0.367 e. The zero-order valence-electron chi connectivity index (χ0n) is 16.0. The fourth-order valence-electron chi connectivity index (χ4n) is 2.86. The normalized spacial score (nSPS) is 11.7. The van der Waals surface area contributed by atoms with Gasteiger partial charge in [0.1, 0.15) is 11.3 Å². The number of carbonyl (C=O) groups is 1. The van der Waals surface area contributed by atoms with Gasteiger partial charge in [-0.05, 0) is 57.5 Å². The van der Waals surface area contributed by atoms with E-state index >= 15 is 0 Å². The van der Waals surface area contributed by atoms with Crippen LogP contribution < -0.4 is 5.32 Å². The van der Waals surface area contributed by atoms with E-state index in [1.165, 1.54) is 11.3 Å². The first-order valence-corrected chi connectivity index (χ1v) is 9.72. The van der Waals surface area contributed by atoms with E-state index in [0.717, 1.165) is 11.3 Å². The van der Waals surface area contributed by atoms with Gasteiger partial charge in [0.25, 0.3) is 5.91 Å². The van der Waals surface area contributed by atoms with E-state index in [9.17, 15) is 4.79 Å². The Labute approximate surface area is 163 Å². The molecule has 0 aromatic carbocycles. The van der Waals surface area contributed by atoms with Gasteiger partial charge in [-0.15, -0.1) is 11.3 Å². The number of aromatic nitrogens is 3. The number of hydrogen-bond donors (Lipinski definition) is 1. The molecular weight excluding hydrogens is 360 g/mol. The van der Waals surface area contributed by atoms with Gasteiger partial charge in [-0.2, -0.15) is 0 Å². The Balaban J connectivity index is 1.71. The lowest BCUT2D eigenvalue weighted by atomic mass is 10.1. The van der Waals surface area contributed by atoms with Gasteiger partial charge in [0.15, 0.2) is 5.13 Å². The van der Waals surface area contributed by atoms with Gasteiger partial charge in [-0.3, -0.25) is 15.1 Å². The smallest absolute Gasteiger partial charge is 0.274 e. The van der Waals surface area contributed by atoms with E-state index in [4.69, 9.17) is 4.74 Å². The zero-order chi connectivity index (χ0) is 19.4. The van der Waals surface area contributed by atoms with Crippen LogP contribution in [0.1, 0.15) is 49.4 Å². The molecule has 3 heterocycles. The third-order valence-electron chi connectivity index (χ3n) is 4.04. The van der Waals surface area contributed by atoms with Crippen molar-refractivity contribution in [3.8, 4) is 0 Å². The topological polar surface area (TPSA) is 69.0 Å². The first kappa shape index (κ1) is 19.3. The van der Waals surface area contributed by atoms with E-state index in [0.29, 0.717) is 17.4 Å². The van der Waals surface area contributed by atoms with E-state index in [-0.39, 0.29) is 12.0 Å². The van der Waals surface area contributed by atoms with Crippen LogP contribution in [0.25, 0.3) is 0 Å². The lowest BCUT2D eigenvalue weighted by Gasteiger charge is -2.25. The van der Waals surface area contributed by atoms with Gasteiger partial charge >= 0.3 is 0 Å².